The summed E-state index contributed by atoms with van der Waals surface area (Å²) in [4.78, 5) is 11.3. The van der Waals surface area contributed by atoms with Gasteiger partial charge in [0.05, 0.1) is 0 Å². The molecule has 11 heavy (non-hydrogen) atoms. The monoisotopic (exact) mass is 148 g/mol. The van der Waals surface area contributed by atoms with Crippen LogP contribution in [0.4, 0.5) is 0 Å². The van der Waals surface area contributed by atoms with E-state index >= 15 is 0 Å². The van der Waals surface area contributed by atoms with Crippen molar-refractivity contribution in [2.24, 2.45) is 0 Å². The molecule has 0 unspecified atom stereocenters. The van der Waals surface area contributed by atoms with Crippen molar-refractivity contribution in [2.45, 2.75) is 32.6 Å². The van der Waals surface area contributed by atoms with Gasteiger partial charge in [0.25, 0.3) is 0 Å². The van der Waals surface area contributed by atoms with E-state index < -0.39 is 0 Å². The summed E-state index contributed by atoms with van der Waals surface area (Å²) in [7, 11) is 0. The number of hydrogen-bond acceptors (Lipinski definition) is 1. The van der Waals surface area contributed by atoms with Crippen LogP contribution in [0.25, 0.3) is 0 Å². The predicted molar refractivity (Wildman–Crippen MR) is 44.3 cm³/mol. The fourth-order valence-corrected chi connectivity index (χ4v) is 1.95. The van der Waals surface area contributed by atoms with Crippen LogP contribution in [0.1, 0.15) is 32.6 Å². The summed E-state index contributed by atoms with van der Waals surface area (Å²) in [6, 6.07) is 0. The second-order valence-electron chi connectivity index (χ2n) is 3.33. The van der Waals surface area contributed by atoms with Crippen molar-refractivity contribution in [1.82, 2.24) is 0 Å². The average molecular weight is 148 g/mol. The molecule has 2 rings (SSSR count). The quantitative estimate of drug-likeness (QED) is 0.515. The van der Waals surface area contributed by atoms with E-state index in [1.807, 2.05) is 0 Å². The third kappa shape index (κ3) is 0.953. The van der Waals surface area contributed by atoms with Crippen molar-refractivity contribution < 1.29 is 4.79 Å². The Balaban J connectivity index is 2.39. The first-order valence-electron chi connectivity index (χ1n) is 4.21. The van der Waals surface area contributed by atoms with Gasteiger partial charge in [0.2, 0.25) is 0 Å². The maximum absolute atomic E-state index is 11.3. The van der Waals surface area contributed by atoms with E-state index in [9.17, 15) is 4.79 Å². The Hall–Kier alpha value is -0.850. The summed E-state index contributed by atoms with van der Waals surface area (Å²) in [6.45, 7) is 2.11. The van der Waals surface area contributed by atoms with Crippen LogP contribution in [-0.2, 0) is 4.79 Å². The molecule has 0 N–H and O–H groups in total. The van der Waals surface area contributed by atoms with E-state index in [1.165, 1.54) is 11.1 Å². The van der Waals surface area contributed by atoms with Crippen LogP contribution in [0.15, 0.2) is 22.8 Å². The number of Topliss-reactive ketones (excluding diaryl/α,β-unsaturated/α-hetero) is 1. The van der Waals surface area contributed by atoms with Gasteiger partial charge in [-0.3, -0.25) is 4.79 Å². The zero-order chi connectivity index (χ0) is 7.84. The number of rotatable bonds is 0. The van der Waals surface area contributed by atoms with Gasteiger partial charge in [-0.2, -0.15) is 0 Å². The fourth-order valence-electron chi connectivity index (χ4n) is 1.95. The fraction of sp³-hybridized carbons (Fsp3) is 0.500. The van der Waals surface area contributed by atoms with Crippen LogP contribution >= 0.6 is 0 Å². The Morgan fingerprint density at radius 3 is 2.82 bits per heavy atom. The van der Waals surface area contributed by atoms with E-state index in [0.717, 1.165) is 31.3 Å². The van der Waals surface area contributed by atoms with Gasteiger partial charge >= 0.3 is 0 Å². The lowest BCUT2D eigenvalue weighted by molar-refractivity contribution is -0.116. The molecule has 0 radical (unpaired) electrons. The molecule has 1 heteroatoms. The molecule has 0 aliphatic heterocycles. The van der Waals surface area contributed by atoms with Crippen LogP contribution in [-0.4, -0.2) is 5.78 Å². The second kappa shape index (κ2) is 2.33. The zero-order valence-corrected chi connectivity index (χ0v) is 6.81. The normalized spacial score (nSPS) is 23.7. The lowest BCUT2D eigenvalue weighted by Gasteiger charge is -2.13. The maximum Gasteiger partial charge on any atom is 0.159 e. The third-order valence-electron chi connectivity index (χ3n) is 2.62. The topological polar surface area (TPSA) is 17.1 Å². The minimum atomic E-state index is 0.388. The van der Waals surface area contributed by atoms with Crippen LogP contribution in [0.2, 0.25) is 0 Å². The van der Waals surface area contributed by atoms with Crippen LogP contribution in [0.5, 0.6) is 0 Å². The van der Waals surface area contributed by atoms with Crippen molar-refractivity contribution >= 4 is 5.78 Å². The molecule has 0 saturated heterocycles. The molecule has 0 spiro atoms. The summed E-state index contributed by atoms with van der Waals surface area (Å²) in [5, 5.41) is 0. The molecule has 0 saturated carbocycles. The zero-order valence-electron chi connectivity index (χ0n) is 6.81. The number of carbonyl (C=O) groups excluding carboxylic acids is 1. The molecule has 0 aromatic heterocycles. The Bertz CT molecular complexity index is 269. The van der Waals surface area contributed by atoms with E-state index in [0.29, 0.717) is 5.78 Å². The Morgan fingerprint density at radius 2 is 2.09 bits per heavy atom. The largest absolute Gasteiger partial charge is 0.295 e. The predicted octanol–water partition coefficient (Wildman–Crippen LogP) is 2.39. The van der Waals surface area contributed by atoms with E-state index in [1.54, 1.807) is 0 Å². The highest BCUT2D eigenvalue weighted by atomic mass is 16.1. The molecule has 0 aromatic rings. The van der Waals surface area contributed by atoms with Crippen molar-refractivity contribution in [3.8, 4) is 0 Å². The number of carbonyl (C=O) groups is 1. The molecule has 0 heterocycles. The molecule has 0 bridgehead atoms. The smallest absolute Gasteiger partial charge is 0.159 e. The van der Waals surface area contributed by atoms with Crippen molar-refractivity contribution in [3.05, 3.63) is 22.8 Å². The SMILES string of the molecule is CC1=CCC2=C1CCCC2=O. The molecular formula is C10H12O. The first-order chi connectivity index (χ1) is 5.29. The number of allylic oxidation sites excluding steroid dienone is 4. The van der Waals surface area contributed by atoms with Crippen molar-refractivity contribution in [2.75, 3.05) is 0 Å². The standard InChI is InChI=1S/C10H12O/c1-7-5-6-9-8(7)3-2-4-10(9)11/h5H,2-4,6H2,1H3. The first-order valence-corrected chi connectivity index (χ1v) is 4.21. The minimum absolute atomic E-state index is 0.388. The van der Waals surface area contributed by atoms with Crippen LogP contribution in [0, 0.1) is 0 Å². The summed E-state index contributed by atoms with van der Waals surface area (Å²) >= 11 is 0. The van der Waals surface area contributed by atoms with E-state index in [-0.39, 0.29) is 0 Å². The van der Waals surface area contributed by atoms with Gasteiger partial charge in [-0.1, -0.05) is 11.6 Å². The molecule has 2 aliphatic carbocycles. The van der Waals surface area contributed by atoms with Crippen molar-refractivity contribution in [3.63, 3.8) is 0 Å². The summed E-state index contributed by atoms with van der Waals surface area (Å²) in [6.07, 6.45) is 6.04. The number of hydrogen-bond donors (Lipinski definition) is 0. The minimum Gasteiger partial charge on any atom is -0.295 e. The van der Waals surface area contributed by atoms with Crippen molar-refractivity contribution in [1.29, 1.82) is 0 Å². The summed E-state index contributed by atoms with van der Waals surface area (Å²) in [5.74, 6) is 0.388. The summed E-state index contributed by atoms with van der Waals surface area (Å²) < 4.78 is 0. The van der Waals surface area contributed by atoms with Crippen LogP contribution < -0.4 is 0 Å². The van der Waals surface area contributed by atoms with E-state index in [2.05, 4.69) is 13.0 Å². The molecule has 0 fully saturated rings. The number of ketones is 1. The molecule has 0 aromatic carbocycles. The Kier molecular flexibility index (Phi) is 1.45. The molecule has 1 nitrogen and oxygen atoms in total. The van der Waals surface area contributed by atoms with Gasteiger partial charge < -0.3 is 0 Å². The van der Waals surface area contributed by atoms with Crippen LogP contribution in [0.3, 0.4) is 0 Å². The Labute approximate surface area is 66.8 Å². The second-order valence-corrected chi connectivity index (χ2v) is 3.33. The van der Waals surface area contributed by atoms with Gasteiger partial charge in [0.1, 0.15) is 0 Å². The summed E-state index contributed by atoms with van der Waals surface area (Å²) in [5.41, 5.74) is 3.79. The van der Waals surface area contributed by atoms with E-state index in [4.69, 9.17) is 0 Å². The highest BCUT2D eigenvalue weighted by molar-refractivity contribution is 5.98. The van der Waals surface area contributed by atoms with Gasteiger partial charge in [-0.25, -0.2) is 0 Å². The molecular weight excluding hydrogens is 136 g/mol. The first kappa shape index (κ1) is 6.84. The molecule has 58 valence electrons. The molecule has 0 amide bonds. The molecule has 0 atom stereocenters. The maximum atomic E-state index is 11.3. The van der Waals surface area contributed by atoms with Gasteiger partial charge in [0.15, 0.2) is 5.78 Å². The molecule has 2 aliphatic rings. The van der Waals surface area contributed by atoms with Gasteiger partial charge in [-0.15, -0.1) is 0 Å². The lowest BCUT2D eigenvalue weighted by atomic mass is 9.90. The average Bonchev–Trinajstić information content (AvgIpc) is 2.35. The highest BCUT2D eigenvalue weighted by Crippen LogP contribution is 2.34. The Morgan fingerprint density at radius 1 is 1.27 bits per heavy atom. The third-order valence-corrected chi connectivity index (χ3v) is 2.62. The van der Waals surface area contributed by atoms with Gasteiger partial charge in [0, 0.05) is 12.0 Å². The highest BCUT2D eigenvalue weighted by Gasteiger charge is 2.23. The lowest BCUT2D eigenvalue weighted by Crippen LogP contribution is -2.08. The van der Waals surface area contributed by atoms with Gasteiger partial charge in [-0.05, 0) is 31.8 Å².